The van der Waals surface area contributed by atoms with Gasteiger partial charge in [-0.25, -0.2) is 0 Å². The molecular formula is C18H23NO2. The molecule has 1 aromatic rings. The number of rotatable bonds is 0. The van der Waals surface area contributed by atoms with Crippen molar-refractivity contribution in [1.29, 1.82) is 0 Å². The molecule has 21 heavy (non-hydrogen) atoms. The molecule has 0 aromatic heterocycles. The van der Waals surface area contributed by atoms with Crippen LogP contribution in [0, 0.1) is 12.8 Å². The van der Waals surface area contributed by atoms with Crippen LogP contribution in [-0.2, 0) is 11.8 Å². The molecule has 1 spiro atoms. The zero-order chi connectivity index (χ0) is 14.4. The van der Waals surface area contributed by atoms with Crippen molar-refractivity contribution in [3.05, 3.63) is 28.8 Å². The molecule has 5 rings (SSSR count). The summed E-state index contributed by atoms with van der Waals surface area (Å²) in [7, 11) is 2.27. The third-order valence-corrected chi connectivity index (χ3v) is 6.78. The number of aryl methyl sites for hydroxylation is 1. The van der Waals surface area contributed by atoms with E-state index in [1.807, 2.05) is 0 Å². The van der Waals surface area contributed by atoms with Crippen LogP contribution in [0.1, 0.15) is 36.0 Å². The molecule has 5 atom stereocenters. The second-order valence-corrected chi connectivity index (χ2v) is 7.58. The molecule has 112 valence electrons. The van der Waals surface area contributed by atoms with E-state index in [4.69, 9.17) is 4.74 Å². The van der Waals surface area contributed by atoms with Gasteiger partial charge in [-0.15, -0.1) is 0 Å². The number of hydrogen-bond donors (Lipinski definition) is 1. The quantitative estimate of drug-likeness (QED) is 0.791. The maximum absolute atomic E-state index is 10.6. The largest absolute Gasteiger partial charge is 0.486 e. The third kappa shape index (κ3) is 1.29. The monoisotopic (exact) mass is 285 g/mol. The van der Waals surface area contributed by atoms with Crippen LogP contribution in [0.4, 0.5) is 0 Å². The molecule has 2 bridgehead atoms. The second kappa shape index (κ2) is 3.82. The van der Waals surface area contributed by atoms with Crippen molar-refractivity contribution in [3.63, 3.8) is 0 Å². The van der Waals surface area contributed by atoms with E-state index in [0.29, 0.717) is 12.0 Å². The Kier molecular flexibility index (Phi) is 2.27. The Balaban J connectivity index is 1.81. The fourth-order valence-corrected chi connectivity index (χ4v) is 5.86. The number of nitrogens with zero attached hydrogens (tertiary/aromatic N) is 1. The van der Waals surface area contributed by atoms with Gasteiger partial charge in [-0.05, 0) is 63.2 Å². The molecule has 3 unspecified atom stereocenters. The lowest BCUT2D eigenvalue weighted by Crippen LogP contribution is -2.66. The molecule has 1 N–H and O–H groups in total. The summed E-state index contributed by atoms with van der Waals surface area (Å²) in [4.78, 5) is 2.55. The van der Waals surface area contributed by atoms with Crippen LogP contribution >= 0.6 is 0 Å². The van der Waals surface area contributed by atoms with E-state index in [1.165, 1.54) is 16.7 Å². The van der Waals surface area contributed by atoms with Crippen molar-refractivity contribution in [2.75, 3.05) is 13.6 Å². The lowest BCUT2D eigenvalue weighted by molar-refractivity contribution is -0.0992. The van der Waals surface area contributed by atoms with E-state index in [9.17, 15) is 5.11 Å². The zero-order valence-corrected chi connectivity index (χ0v) is 12.8. The molecule has 2 aliphatic heterocycles. The summed E-state index contributed by atoms with van der Waals surface area (Å²) in [6.07, 6.45) is 4.01. The SMILES string of the molecule is Cc1ccc2c3c1OC1C(O)CC[C@@H]4[C@H](C2)N(C)CCC314. The Morgan fingerprint density at radius 3 is 3.05 bits per heavy atom. The second-order valence-electron chi connectivity index (χ2n) is 7.58. The molecule has 4 aliphatic rings. The predicted octanol–water partition coefficient (Wildman–Crippen LogP) is 2.02. The van der Waals surface area contributed by atoms with Crippen LogP contribution < -0.4 is 4.74 Å². The minimum Gasteiger partial charge on any atom is -0.486 e. The van der Waals surface area contributed by atoms with Gasteiger partial charge in [-0.3, -0.25) is 0 Å². The fourth-order valence-electron chi connectivity index (χ4n) is 5.86. The van der Waals surface area contributed by atoms with Crippen LogP contribution in [0.5, 0.6) is 5.75 Å². The van der Waals surface area contributed by atoms with Crippen LogP contribution in [0.15, 0.2) is 12.1 Å². The molecular weight excluding hydrogens is 262 g/mol. The van der Waals surface area contributed by atoms with Gasteiger partial charge >= 0.3 is 0 Å². The normalized spacial score (nSPS) is 43.4. The maximum atomic E-state index is 10.6. The minimum atomic E-state index is -0.303. The molecule has 1 saturated heterocycles. The Bertz CT molecular complexity index is 628. The highest BCUT2D eigenvalue weighted by atomic mass is 16.5. The lowest BCUT2D eigenvalue weighted by Gasteiger charge is -2.58. The minimum absolute atomic E-state index is 0.0115. The summed E-state index contributed by atoms with van der Waals surface area (Å²) in [5.41, 5.74) is 4.27. The Hall–Kier alpha value is -1.06. The molecule has 2 aliphatic carbocycles. The number of aliphatic hydroxyl groups is 1. The zero-order valence-electron chi connectivity index (χ0n) is 12.8. The smallest absolute Gasteiger partial charge is 0.135 e. The van der Waals surface area contributed by atoms with Gasteiger partial charge in [0.2, 0.25) is 0 Å². The van der Waals surface area contributed by atoms with Crippen LogP contribution in [0.2, 0.25) is 0 Å². The fraction of sp³-hybridized carbons (Fsp3) is 0.667. The predicted molar refractivity (Wildman–Crippen MR) is 80.7 cm³/mol. The molecule has 3 heteroatoms. The van der Waals surface area contributed by atoms with Crippen LogP contribution in [-0.4, -0.2) is 41.8 Å². The van der Waals surface area contributed by atoms with Gasteiger partial charge in [0.15, 0.2) is 0 Å². The number of likely N-dealkylation sites (tertiary alicyclic amines) is 1. The molecule has 1 aromatic carbocycles. The molecule has 0 amide bonds. The van der Waals surface area contributed by atoms with Gasteiger partial charge in [-0.1, -0.05) is 12.1 Å². The first-order valence-corrected chi connectivity index (χ1v) is 8.31. The standard InChI is InChI=1S/C18H23NO2/c1-10-3-4-11-9-13-12-5-6-14(20)17-18(12,7-8-19(13)2)15(11)16(10)21-17/h3-4,12-14,17,20H,5-9H2,1-2H3/t12-,13+,14?,17?,18?/m1/s1. The summed E-state index contributed by atoms with van der Waals surface area (Å²) in [6, 6.07) is 5.13. The molecule has 2 fully saturated rings. The van der Waals surface area contributed by atoms with Crippen LogP contribution in [0.3, 0.4) is 0 Å². The van der Waals surface area contributed by atoms with Crippen molar-refractivity contribution >= 4 is 0 Å². The van der Waals surface area contributed by atoms with Crippen molar-refractivity contribution in [2.24, 2.45) is 5.92 Å². The van der Waals surface area contributed by atoms with Crippen LogP contribution in [0.25, 0.3) is 0 Å². The Morgan fingerprint density at radius 1 is 1.33 bits per heavy atom. The first-order valence-electron chi connectivity index (χ1n) is 8.31. The van der Waals surface area contributed by atoms with E-state index >= 15 is 0 Å². The average Bonchev–Trinajstić information content (AvgIpc) is 2.83. The van der Waals surface area contributed by atoms with Crippen molar-refractivity contribution in [1.82, 2.24) is 4.90 Å². The average molecular weight is 285 g/mol. The lowest BCUT2D eigenvalue weighted by atomic mass is 9.51. The summed E-state index contributed by atoms with van der Waals surface area (Å²) in [6.45, 7) is 3.27. The van der Waals surface area contributed by atoms with E-state index in [0.717, 1.165) is 38.0 Å². The highest BCUT2D eigenvalue weighted by Crippen LogP contribution is 2.62. The maximum Gasteiger partial charge on any atom is 0.135 e. The summed E-state index contributed by atoms with van der Waals surface area (Å²) >= 11 is 0. The van der Waals surface area contributed by atoms with E-state index < -0.39 is 0 Å². The van der Waals surface area contributed by atoms with Gasteiger partial charge < -0.3 is 14.7 Å². The molecule has 3 nitrogen and oxygen atoms in total. The first kappa shape index (κ1) is 12.5. The summed E-state index contributed by atoms with van der Waals surface area (Å²) in [5, 5.41) is 10.6. The molecule has 2 heterocycles. The van der Waals surface area contributed by atoms with Crippen molar-refractivity contribution in [3.8, 4) is 5.75 Å². The van der Waals surface area contributed by atoms with E-state index in [1.54, 1.807) is 0 Å². The van der Waals surface area contributed by atoms with E-state index in [-0.39, 0.29) is 17.6 Å². The van der Waals surface area contributed by atoms with Crippen molar-refractivity contribution < 1.29 is 9.84 Å². The van der Waals surface area contributed by atoms with Gasteiger partial charge in [0.1, 0.15) is 11.9 Å². The Labute approximate surface area is 125 Å². The Morgan fingerprint density at radius 2 is 2.19 bits per heavy atom. The topological polar surface area (TPSA) is 32.7 Å². The first-order chi connectivity index (χ1) is 10.1. The highest BCUT2D eigenvalue weighted by Gasteiger charge is 2.64. The third-order valence-electron chi connectivity index (χ3n) is 6.78. The number of likely N-dealkylation sites (N-methyl/N-ethyl adjacent to an activating group) is 1. The number of aliphatic hydroxyl groups excluding tert-OH is 1. The van der Waals surface area contributed by atoms with Gasteiger partial charge in [-0.2, -0.15) is 0 Å². The molecule has 1 saturated carbocycles. The number of hydrogen-bond acceptors (Lipinski definition) is 3. The summed E-state index contributed by atoms with van der Waals surface area (Å²) < 4.78 is 6.39. The summed E-state index contributed by atoms with van der Waals surface area (Å²) in [5.74, 6) is 1.76. The van der Waals surface area contributed by atoms with E-state index in [2.05, 4.69) is 31.0 Å². The molecule has 0 radical (unpaired) electrons. The number of piperidine rings is 1. The number of ether oxygens (including phenoxy) is 1. The van der Waals surface area contributed by atoms with Gasteiger partial charge in [0.25, 0.3) is 0 Å². The number of benzene rings is 1. The van der Waals surface area contributed by atoms with Crippen molar-refractivity contribution in [2.45, 2.75) is 56.3 Å². The van der Waals surface area contributed by atoms with Gasteiger partial charge in [0.05, 0.1) is 6.10 Å². The highest BCUT2D eigenvalue weighted by molar-refractivity contribution is 5.58. The van der Waals surface area contributed by atoms with Gasteiger partial charge in [0, 0.05) is 17.0 Å².